The molecule has 2 aromatic carbocycles. The molecule has 0 atom stereocenters. The van der Waals surface area contributed by atoms with Crippen molar-refractivity contribution in [3.05, 3.63) is 116 Å². The summed E-state index contributed by atoms with van der Waals surface area (Å²) in [5.41, 5.74) is -0.951. The van der Waals surface area contributed by atoms with Gasteiger partial charge in [-0.1, -0.05) is 24.3 Å². The van der Waals surface area contributed by atoms with Crippen molar-refractivity contribution in [2.45, 2.75) is 26.4 Å². The average Bonchev–Trinajstić information content (AvgIpc) is 2.92. The van der Waals surface area contributed by atoms with Crippen LogP contribution in [0.1, 0.15) is 17.0 Å². The van der Waals surface area contributed by atoms with Crippen molar-refractivity contribution in [1.82, 2.24) is 19.0 Å². The van der Waals surface area contributed by atoms with Crippen molar-refractivity contribution >= 4 is 0 Å². The highest BCUT2D eigenvalue weighted by molar-refractivity contribution is 5.67. The Kier molecular flexibility index (Phi) is 8.65. The number of rotatable bonds is 10. The Hall–Kier alpha value is -4.18. The number of benzene rings is 2. The molecule has 0 aliphatic rings. The number of halogens is 3. The zero-order chi connectivity index (χ0) is 28.1. The lowest BCUT2D eigenvalue weighted by Crippen LogP contribution is -2.44. The predicted molar refractivity (Wildman–Crippen MR) is 143 cm³/mol. The van der Waals surface area contributed by atoms with Crippen LogP contribution in [-0.4, -0.2) is 46.3 Å². The predicted octanol–water partition coefficient (Wildman–Crippen LogP) is 4.03. The molecule has 7 nitrogen and oxygen atoms in total. The highest BCUT2D eigenvalue weighted by atomic mass is 19.1. The number of methoxy groups -OCH3 is 1. The molecule has 2 heterocycles. The van der Waals surface area contributed by atoms with E-state index in [4.69, 9.17) is 4.74 Å². The van der Waals surface area contributed by atoms with Gasteiger partial charge >= 0.3 is 5.69 Å². The Balaban J connectivity index is 1.77. The summed E-state index contributed by atoms with van der Waals surface area (Å²) in [5.74, 6) is -2.52. The van der Waals surface area contributed by atoms with Gasteiger partial charge in [-0.2, -0.15) is 0 Å². The SMILES string of the molecule is COc1cccc(-c2c(C)n(Cc3c(F)cccc3F)c(=O)n(CCN(C)CCc3ccccn3)c2=O)c1F. The van der Waals surface area contributed by atoms with Gasteiger partial charge in [0.15, 0.2) is 11.6 Å². The van der Waals surface area contributed by atoms with Crippen LogP contribution in [0.15, 0.2) is 70.4 Å². The fraction of sp³-hybridized carbons (Fsp3) is 0.276. The maximum Gasteiger partial charge on any atom is 0.331 e. The van der Waals surface area contributed by atoms with Crippen LogP contribution in [0.5, 0.6) is 5.75 Å². The summed E-state index contributed by atoms with van der Waals surface area (Å²) in [6.07, 6.45) is 2.37. The van der Waals surface area contributed by atoms with E-state index in [0.29, 0.717) is 19.5 Å². The Morgan fingerprint density at radius 3 is 2.31 bits per heavy atom. The zero-order valence-electron chi connectivity index (χ0n) is 22.0. The quantitative estimate of drug-likeness (QED) is 0.305. The molecule has 0 aliphatic carbocycles. The van der Waals surface area contributed by atoms with E-state index < -0.39 is 35.2 Å². The highest BCUT2D eigenvalue weighted by Gasteiger charge is 2.23. The van der Waals surface area contributed by atoms with Crippen molar-refractivity contribution < 1.29 is 17.9 Å². The van der Waals surface area contributed by atoms with E-state index in [9.17, 15) is 18.4 Å². The molecule has 0 fully saturated rings. The third kappa shape index (κ3) is 5.96. The van der Waals surface area contributed by atoms with Crippen LogP contribution >= 0.6 is 0 Å². The molecule has 0 saturated carbocycles. The zero-order valence-corrected chi connectivity index (χ0v) is 22.0. The molecule has 0 radical (unpaired) electrons. The van der Waals surface area contributed by atoms with Crippen molar-refractivity contribution in [3.63, 3.8) is 0 Å². The molecule has 0 aliphatic heterocycles. The van der Waals surface area contributed by atoms with Crippen LogP contribution in [0.4, 0.5) is 13.2 Å². The molecule has 39 heavy (non-hydrogen) atoms. The second-order valence-electron chi connectivity index (χ2n) is 9.18. The summed E-state index contributed by atoms with van der Waals surface area (Å²) >= 11 is 0. The molecule has 4 aromatic rings. The second kappa shape index (κ2) is 12.1. The van der Waals surface area contributed by atoms with E-state index in [-0.39, 0.29) is 34.7 Å². The van der Waals surface area contributed by atoms with Gasteiger partial charge in [-0.15, -0.1) is 0 Å². The first-order chi connectivity index (χ1) is 18.7. The minimum atomic E-state index is -0.831. The summed E-state index contributed by atoms with van der Waals surface area (Å²) in [6, 6.07) is 13.4. The monoisotopic (exact) mass is 538 g/mol. The largest absolute Gasteiger partial charge is 0.494 e. The van der Waals surface area contributed by atoms with E-state index >= 15 is 4.39 Å². The summed E-state index contributed by atoms with van der Waals surface area (Å²) in [5, 5.41) is 0. The molecule has 204 valence electrons. The maximum absolute atomic E-state index is 15.3. The van der Waals surface area contributed by atoms with Crippen molar-refractivity contribution in [2.75, 3.05) is 27.2 Å². The molecule has 0 saturated heterocycles. The minimum absolute atomic E-state index is 0.0188. The van der Waals surface area contributed by atoms with Gasteiger partial charge in [0, 0.05) is 54.8 Å². The molecule has 0 amide bonds. The van der Waals surface area contributed by atoms with E-state index in [1.54, 1.807) is 6.20 Å². The third-order valence-corrected chi connectivity index (χ3v) is 6.70. The first-order valence-electron chi connectivity index (χ1n) is 12.4. The molecule has 10 heteroatoms. The van der Waals surface area contributed by atoms with Gasteiger partial charge in [0.05, 0.1) is 19.2 Å². The normalized spacial score (nSPS) is 11.3. The minimum Gasteiger partial charge on any atom is -0.494 e. The van der Waals surface area contributed by atoms with E-state index in [2.05, 4.69) is 4.98 Å². The molecule has 2 aromatic heterocycles. The van der Waals surface area contributed by atoms with E-state index in [1.807, 2.05) is 30.1 Å². The summed E-state index contributed by atoms with van der Waals surface area (Å²) < 4.78 is 51.5. The molecule has 0 bridgehead atoms. The van der Waals surface area contributed by atoms with Crippen LogP contribution in [0.2, 0.25) is 0 Å². The van der Waals surface area contributed by atoms with E-state index in [1.165, 1.54) is 38.3 Å². The van der Waals surface area contributed by atoms with Crippen molar-refractivity contribution in [3.8, 4) is 16.9 Å². The Labute approximate surface area is 223 Å². The van der Waals surface area contributed by atoms with Crippen LogP contribution in [0.25, 0.3) is 11.1 Å². The van der Waals surface area contributed by atoms with Gasteiger partial charge in [0.25, 0.3) is 5.56 Å². The molecule has 0 N–H and O–H groups in total. The van der Waals surface area contributed by atoms with Crippen LogP contribution in [-0.2, 0) is 19.5 Å². The van der Waals surface area contributed by atoms with Crippen LogP contribution in [0, 0.1) is 24.4 Å². The number of hydrogen-bond acceptors (Lipinski definition) is 5. The lowest BCUT2D eigenvalue weighted by Gasteiger charge is -2.21. The summed E-state index contributed by atoms with van der Waals surface area (Å²) in [7, 11) is 3.15. The molecule has 4 rings (SSSR count). The number of pyridine rings is 1. The summed E-state index contributed by atoms with van der Waals surface area (Å²) in [6.45, 7) is 1.90. The van der Waals surface area contributed by atoms with Gasteiger partial charge < -0.3 is 9.64 Å². The fourth-order valence-electron chi connectivity index (χ4n) is 4.43. The Morgan fingerprint density at radius 1 is 0.923 bits per heavy atom. The Morgan fingerprint density at radius 2 is 1.64 bits per heavy atom. The fourth-order valence-corrected chi connectivity index (χ4v) is 4.43. The van der Waals surface area contributed by atoms with Gasteiger partial charge in [-0.05, 0) is 44.3 Å². The standard InChI is InChI=1S/C29H29F3N4O3/c1-19-26(21-9-6-12-25(39-3)27(21)32)28(37)35(17-16-34(2)15-13-20-8-4-5-14-33-20)29(38)36(19)18-22-23(30)10-7-11-24(22)31/h4-12,14H,13,15-18H2,1-3H3. The first kappa shape index (κ1) is 27.8. The number of aromatic nitrogens is 3. The van der Waals surface area contributed by atoms with Crippen LogP contribution in [0.3, 0.4) is 0 Å². The van der Waals surface area contributed by atoms with Gasteiger partial charge in [0.2, 0.25) is 0 Å². The number of likely N-dealkylation sites (N-methyl/N-ethyl adjacent to an activating group) is 1. The summed E-state index contributed by atoms with van der Waals surface area (Å²) in [4.78, 5) is 33.4. The molecular formula is C29H29F3N4O3. The average molecular weight is 539 g/mol. The highest BCUT2D eigenvalue weighted by Crippen LogP contribution is 2.29. The second-order valence-corrected chi connectivity index (χ2v) is 9.18. The Bertz CT molecular complexity index is 1570. The lowest BCUT2D eigenvalue weighted by molar-refractivity contribution is 0.315. The van der Waals surface area contributed by atoms with Gasteiger partial charge in [-0.3, -0.25) is 18.9 Å². The smallest absolute Gasteiger partial charge is 0.331 e. The van der Waals surface area contributed by atoms with Crippen molar-refractivity contribution in [2.24, 2.45) is 0 Å². The molecular weight excluding hydrogens is 509 g/mol. The maximum atomic E-state index is 15.3. The molecule has 0 spiro atoms. The first-order valence-corrected chi connectivity index (χ1v) is 12.4. The third-order valence-electron chi connectivity index (χ3n) is 6.70. The molecule has 0 unspecified atom stereocenters. The van der Waals surface area contributed by atoms with Crippen molar-refractivity contribution in [1.29, 1.82) is 0 Å². The number of ether oxygens (including phenoxy) is 1. The topological polar surface area (TPSA) is 69.4 Å². The van der Waals surface area contributed by atoms with Crippen LogP contribution < -0.4 is 16.0 Å². The number of hydrogen-bond donors (Lipinski definition) is 0. The van der Waals surface area contributed by atoms with E-state index in [0.717, 1.165) is 27.0 Å². The van der Waals surface area contributed by atoms with Gasteiger partial charge in [0.1, 0.15) is 11.6 Å². The lowest BCUT2D eigenvalue weighted by atomic mass is 10.0. The number of nitrogens with zero attached hydrogens (tertiary/aromatic N) is 4. The van der Waals surface area contributed by atoms with Gasteiger partial charge in [-0.25, -0.2) is 18.0 Å².